The lowest BCUT2D eigenvalue weighted by Crippen LogP contribution is -2.14. The first kappa shape index (κ1) is 23.1. The van der Waals surface area contributed by atoms with Crippen molar-refractivity contribution in [1.82, 2.24) is 15.2 Å². The van der Waals surface area contributed by atoms with Gasteiger partial charge >= 0.3 is 0 Å². The van der Waals surface area contributed by atoms with Crippen molar-refractivity contribution < 1.29 is 4.79 Å². The van der Waals surface area contributed by atoms with E-state index in [0.717, 1.165) is 60.5 Å². The van der Waals surface area contributed by atoms with Crippen LogP contribution in [0, 0.1) is 0 Å². The number of nitrogens with zero attached hydrogens (tertiary/aromatic N) is 4. The highest BCUT2D eigenvalue weighted by molar-refractivity contribution is 7.15. The Labute approximate surface area is 209 Å². The quantitative estimate of drug-likeness (QED) is 0.301. The van der Waals surface area contributed by atoms with Gasteiger partial charge in [-0.3, -0.25) is 14.8 Å². The van der Waals surface area contributed by atoms with E-state index in [4.69, 9.17) is 4.99 Å². The Bertz CT molecular complexity index is 1320. The number of unbranched alkanes of at least 4 members (excludes halogenated alkanes) is 1. The van der Waals surface area contributed by atoms with Crippen LogP contribution in [0.15, 0.2) is 77.9 Å². The summed E-state index contributed by atoms with van der Waals surface area (Å²) in [6.45, 7) is 0. The van der Waals surface area contributed by atoms with E-state index in [9.17, 15) is 4.79 Å². The van der Waals surface area contributed by atoms with Crippen LogP contribution in [0.2, 0.25) is 0 Å². The predicted molar refractivity (Wildman–Crippen MR) is 141 cm³/mol. The fraction of sp³-hybridized carbons (Fsp3) is 0.250. The third-order valence-corrected chi connectivity index (χ3v) is 6.83. The summed E-state index contributed by atoms with van der Waals surface area (Å²) in [5, 5.41) is 12.7. The SMILES string of the molecule is O=C(Cc1ccccc1)Nc1nnc(CCCCc2cnc3c(c2)N=C(Cc2ccccc2)C3)s1. The molecule has 0 bridgehead atoms. The third-order valence-electron chi connectivity index (χ3n) is 5.93. The van der Waals surface area contributed by atoms with Crippen molar-refractivity contribution in [2.24, 2.45) is 4.99 Å². The van der Waals surface area contributed by atoms with Crippen molar-refractivity contribution in [3.8, 4) is 0 Å². The van der Waals surface area contributed by atoms with Crippen molar-refractivity contribution in [1.29, 1.82) is 0 Å². The summed E-state index contributed by atoms with van der Waals surface area (Å²) in [4.78, 5) is 21.7. The zero-order valence-electron chi connectivity index (χ0n) is 19.5. The standard InChI is InChI=1S/C28H27N5OS/c34-26(17-21-11-5-2-6-12-21)31-28-33-32-27(35-28)14-8-7-13-22-16-25-24(29-19-22)18-23(30-25)15-20-9-3-1-4-10-20/h1-6,9-12,16,19H,7-8,13-15,17-18H2,(H,31,33,34). The van der Waals surface area contributed by atoms with Crippen LogP contribution < -0.4 is 5.32 Å². The van der Waals surface area contributed by atoms with E-state index in [1.165, 1.54) is 28.2 Å². The molecule has 6 nitrogen and oxygen atoms in total. The van der Waals surface area contributed by atoms with Crippen LogP contribution in [0.4, 0.5) is 10.8 Å². The number of amides is 1. The number of aromatic nitrogens is 3. The number of carbonyl (C=O) groups is 1. The number of hydrogen-bond donors (Lipinski definition) is 1. The first-order valence-electron chi connectivity index (χ1n) is 12.0. The first-order chi connectivity index (χ1) is 17.2. The molecule has 0 atom stereocenters. The maximum atomic E-state index is 12.2. The summed E-state index contributed by atoms with van der Waals surface area (Å²) >= 11 is 1.45. The van der Waals surface area contributed by atoms with Gasteiger partial charge in [0.1, 0.15) is 5.01 Å². The second kappa shape index (κ2) is 11.1. The average Bonchev–Trinajstić information content (AvgIpc) is 3.48. The summed E-state index contributed by atoms with van der Waals surface area (Å²) in [5.41, 5.74) is 6.77. The summed E-state index contributed by atoms with van der Waals surface area (Å²) in [6.07, 6.45) is 7.90. The predicted octanol–water partition coefficient (Wildman–Crippen LogP) is 5.55. The molecule has 7 heteroatoms. The Kier molecular flexibility index (Phi) is 7.34. The summed E-state index contributed by atoms with van der Waals surface area (Å²) < 4.78 is 0. The number of aryl methyl sites for hydroxylation is 2. The normalized spacial score (nSPS) is 12.3. The highest BCUT2D eigenvalue weighted by Gasteiger charge is 2.17. The highest BCUT2D eigenvalue weighted by Crippen LogP contribution is 2.27. The molecule has 1 aliphatic heterocycles. The highest BCUT2D eigenvalue weighted by atomic mass is 32.1. The first-order valence-corrected chi connectivity index (χ1v) is 12.8. The van der Waals surface area contributed by atoms with E-state index in [2.05, 4.69) is 50.8 Å². The minimum absolute atomic E-state index is 0.0717. The van der Waals surface area contributed by atoms with E-state index >= 15 is 0 Å². The molecule has 0 fully saturated rings. The average molecular weight is 482 g/mol. The molecule has 2 aromatic heterocycles. The van der Waals surface area contributed by atoms with Gasteiger partial charge in [0.15, 0.2) is 0 Å². The Morgan fingerprint density at radius 1 is 0.886 bits per heavy atom. The van der Waals surface area contributed by atoms with Gasteiger partial charge in [-0.15, -0.1) is 10.2 Å². The molecule has 0 spiro atoms. The van der Waals surface area contributed by atoms with Crippen molar-refractivity contribution in [3.05, 3.63) is 100 Å². The smallest absolute Gasteiger partial charge is 0.230 e. The fourth-order valence-corrected chi connectivity index (χ4v) is 4.98. The molecular weight excluding hydrogens is 454 g/mol. The van der Waals surface area contributed by atoms with Crippen LogP contribution in [0.3, 0.4) is 0 Å². The van der Waals surface area contributed by atoms with Gasteiger partial charge < -0.3 is 5.32 Å². The molecular formula is C28H27N5OS. The van der Waals surface area contributed by atoms with E-state index in [1.54, 1.807) is 0 Å². The van der Waals surface area contributed by atoms with Crippen molar-refractivity contribution in [2.45, 2.75) is 44.9 Å². The molecule has 3 heterocycles. The van der Waals surface area contributed by atoms with E-state index in [-0.39, 0.29) is 5.91 Å². The molecule has 176 valence electrons. The van der Waals surface area contributed by atoms with Crippen molar-refractivity contribution >= 4 is 33.8 Å². The molecule has 35 heavy (non-hydrogen) atoms. The topological polar surface area (TPSA) is 80.1 Å². The van der Waals surface area contributed by atoms with Gasteiger partial charge in [-0.05, 0) is 42.0 Å². The van der Waals surface area contributed by atoms with Crippen LogP contribution in [-0.2, 0) is 36.9 Å². The molecule has 0 saturated carbocycles. The number of fused-ring (bicyclic) bond motifs is 1. The van der Waals surface area contributed by atoms with Crippen LogP contribution in [0.1, 0.15) is 40.2 Å². The van der Waals surface area contributed by atoms with Crippen molar-refractivity contribution in [3.63, 3.8) is 0 Å². The summed E-state index contributed by atoms with van der Waals surface area (Å²) in [7, 11) is 0. The van der Waals surface area contributed by atoms with E-state index in [0.29, 0.717) is 11.6 Å². The maximum Gasteiger partial charge on any atom is 0.230 e. The number of hydrogen-bond acceptors (Lipinski definition) is 6. The number of pyridine rings is 1. The van der Waals surface area contributed by atoms with Gasteiger partial charge in [0.25, 0.3) is 0 Å². The lowest BCUT2D eigenvalue weighted by Gasteiger charge is -2.03. The van der Waals surface area contributed by atoms with Gasteiger partial charge in [-0.1, -0.05) is 72.0 Å². The van der Waals surface area contributed by atoms with Crippen LogP contribution in [-0.4, -0.2) is 26.8 Å². The third kappa shape index (κ3) is 6.45. The minimum atomic E-state index is -0.0717. The molecule has 0 aliphatic carbocycles. The zero-order chi connectivity index (χ0) is 23.9. The molecule has 5 rings (SSSR count). The minimum Gasteiger partial charge on any atom is -0.300 e. The Morgan fingerprint density at radius 2 is 1.63 bits per heavy atom. The molecule has 1 amide bonds. The Morgan fingerprint density at radius 3 is 2.43 bits per heavy atom. The van der Waals surface area contributed by atoms with E-state index < -0.39 is 0 Å². The van der Waals surface area contributed by atoms with Crippen LogP contribution >= 0.6 is 11.3 Å². The second-order valence-electron chi connectivity index (χ2n) is 8.75. The largest absolute Gasteiger partial charge is 0.300 e. The zero-order valence-corrected chi connectivity index (χ0v) is 20.3. The molecule has 1 N–H and O–H groups in total. The Balaban J connectivity index is 1.06. The van der Waals surface area contributed by atoms with Crippen molar-refractivity contribution in [2.75, 3.05) is 5.32 Å². The fourth-order valence-electron chi connectivity index (χ4n) is 4.18. The van der Waals surface area contributed by atoms with Gasteiger partial charge in [0.2, 0.25) is 11.0 Å². The number of carbonyl (C=O) groups excluding carboxylic acids is 1. The van der Waals surface area contributed by atoms with Gasteiger partial charge in [-0.25, -0.2) is 0 Å². The lowest BCUT2D eigenvalue weighted by molar-refractivity contribution is -0.115. The van der Waals surface area contributed by atoms with E-state index in [1.807, 2.05) is 42.6 Å². The molecule has 0 radical (unpaired) electrons. The monoisotopic (exact) mass is 481 g/mol. The molecule has 0 unspecified atom stereocenters. The summed E-state index contributed by atoms with van der Waals surface area (Å²) in [5.74, 6) is -0.0717. The van der Waals surface area contributed by atoms with Gasteiger partial charge in [0, 0.05) is 31.2 Å². The number of aliphatic imine (C=N–C) groups is 1. The maximum absolute atomic E-state index is 12.2. The Hall–Kier alpha value is -3.71. The number of nitrogens with one attached hydrogen (secondary N) is 1. The number of benzene rings is 2. The van der Waals surface area contributed by atoms with Crippen LogP contribution in [0.5, 0.6) is 0 Å². The second-order valence-corrected chi connectivity index (χ2v) is 9.81. The lowest BCUT2D eigenvalue weighted by atomic mass is 10.1. The molecule has 2 aromatic carbocycles. The number of anilines is 1. The molecule has 1 aliphatic rings. The van der Waals surface area contributed by atoms with Gasteiger partial charge in [0.05, 0.1) is 17.8 Å². The van der Waals surface area contributed by atoms with Gasteiger partial charge in [-0.2, -0.15) is 0 Å². The number of rotatable bonds is 10. The summed E-state index contributed by atoms with van der Waals surface area (Å²) in [6, 6.07) is 22.3. The van der Waals surface area contributed by atoms with Crippen LogP contribution in [0.25, 0.3) is 0 Å². The molecule has 0 saturated heterocycles. The molecule has 4 aromatic rings.